The molecular weight excluding hydrogens is 288 g/mol. The van der Waals surface area contributed by atoms with Crippen LogP contribution in [0, 0.1) is 12.8 Å². The quantitative estimate of drug-likeness (QED) is 0.898. The average Bonchev–Trinajstić information content (AvgIpc) is 2.48. The lowest BCUT2D eigenvalue weighted by Crippen LogP contribution is -2.37. The van der Waals surface area contributed by atoms with Gasteiger partial charge in [0, 0.05) is 13.6 Å². The van der Waals surface area contributed by atoms with Crippen molar-refractivity contribution in [3.63, 3.8) is 0 Å². The summed E-state index contributed by atoms with van der Waals surface area (Å²) in [4.78, 5) is 0.331. The van der Waals surface area contributed by atoms with Crippen molar-refractivity contribution in [2.45, 2.75) is 24.7 Å². The van der Waals surface area contributed by atoms with Crippen LogP contribution in [0.2, 0.25) is 0 Å². The number of hydrogen-bond acceptors (Lipinski definition) is 4. The van der Waals surface area contributed by atoms with E-state index in [2.05, 4.69) is 5.32 Å². The maximum atomic E-state index is 12.6. The average molecular weight is 312 g/mol. The van der Waals surface area contributed by atoms with Gasteiger partial charge in [-0.15, -0.1) is 0 Å². The summed E-state index contributed by atoms with van der Waals surface area (Å²) in [5.41, 5.74) is 0.828. The van der Waals surface area contributed by atoms with Gasteiger partial charge < -0.3 is 10.1 Å². The molecule has 6 heteroatoms. The van der Waals surface area contributed by atoms with Crippen molar-refractivity contribution in [2.75, 3.05) is 33.8 Å². The molecule has 1 N–H and O–H groups in total. The molecule has 0 saturated carbocycles. The molecule has 21 heavy (non-hydrogen) atoms. The van der Waals surface area contributed by atoms with Crippen LogP contribution in [-0.4, -0.2) is 46.5 Å². The summed E-state index contributed by atoms with van der Waals surface area (Å²) in [5, 5.41) is 3.30. The summed E-state index contributed by atoms with van der Waals surface area (Å²) in [6.07, 6.45) is 2.06. The van der Waals surface area contributed by atoms with E-state index in [-0.39, 0.29) is 0 Å². The molecule has 1 saturated heterocycles. The Kier molecular flexibility index (Phi) is 5.24. The number of hydrogen-bond donors (Lipinski definition) is 1. The lowest BCUT2D eigenvalue weighted by atomic mass is 9.98. The Morgan fingerprint density at radius 2 is 2.00 bits per heavy atom. The normalized spacial score (nSPS) is 17.1. The number of methoxy groups -OCH3 is 1. The third kappa shape index (κ3) is 3.75. The second-order valence-electron chi connectivity index (χ2n) is 5.61. The number of piperidine rings is 1. The fourth-order valence-electron chi connectivity index (χ4n) is 2.72. The summed E-state index contributed by atoms with van der Waals surface area (Å²) >= 11 is 0. The van der Waals surface area contributed by atoms with Crippen LogP contribution in [0.15, 0.2) is 23.1 Å². The zero-order chi connectivity index (χ0) is 15.5. The number of sulfonamides is 1. The monoisotopic (exact) mass is 312 g/mol. The number of ether oxygens (including phenoxy) is 1. The van der Waals surface area contributed by atoms with Crippen molar-refractivity contribution in [1.82, 2.24) is 9.62 Å². The minimum absolute atomic E-state index is 0.331. The molecule has 0 bridgehead atoms. The van der Waals surface area contributed by atoms with E-state index < -0.39 is 10.0 Å². The van der Waals surface area contributed by atoms with E-state index in [1.54, 1.807) is 32.4 Å². The Labute approximate surface area is 127 Å². The molecule has 1 heterocycles. The third-order valence-corrected chi connectivity index (χ3v) is 5.87. The van der Waals surface area contributed by atoms with Crippen molar-refractivity contribution in [3.8, 4) is 5.75 Å². The Balaban J connectivity index is 2.14. The van der Waals surface area contributed by atoms with Gasteiger partial charge in [0.1, 0.15) is 5.75 Å². The smallest absolute Gasteiger partial charge is 0.242 e. The summed E-state index contributed by atoms with van der Waals surface area (Å²) in [6.45, 7) is 4.38. The van der Waals surface area contributed by atoms with Crippen LogP contribution >= 0.6 is 0 Å². The van der Waals surface area contributed by atoms with Gasteiger partial charge in [0.15, 0.2) is 0 Å². The molecule has 1 aromatic carbocycles. The van der Waals surface area contributed by atoms with Crippen LogP contribution in [0.3, 0.4) is 0 Å². The van der Waals surface area contributed by atoms with Crippen LogP contribution in [0.25, 0.3) is 0 Å². The highest BCUT2D eigenvalue weighted by molar-refractivity contribution is 7.89. The lowest BCUT2D eigenvalue weighted by Gasteiger charge is -2.27. The fraction of sp³-hybridized carbons (Fsp3) is 0.600. The molecular formula is C15H24N2O3S. The molecule has 1 aliphatic rings. The number of aryl methyl sites for hydroxylation is 1. The molecule has 5 nitrogen and oxygen atoms in total. The third-order valence-electron chi connectivity index (χ3n) is 4.05. The van der Waals surface area contributed by atoms with E-state index in [1.165, 1.54) is 4.31 Å². The van der Waals surface area contributed by atoms with Gasteiger partial charge in [-0.2, -0.15) is 0 Å². The van der Waals surface area contributed by atoms with E-state index in [1.807, 2.05) is 6.92 Å². The molecule has 0 amide bonds. The van der Waals surface area contributed by atoms with Gasteiger partial charge in [0.25, 0.3) is 0 Å². The summed E-state index contributed by atoms with van der Waals surface area (Å²) in [5.74, 6) is 1.14. The van der Waals surface area contributed by atoms with Crippen LogP contribution < -0.4 is 10.1 Å². The molecule has 1 aromatic rings. The Hall–Kier alpha value is -1.11. The molecule has 0 aliphatic carbocycles. The molecule has 1 fully saturated rings. The Bertz CT molecular complexity index is 581. The molecule has 0 unspecified atom stereocenters. The first-order valence-electron chi connectivity index (χ1n) is 7.27. The van der Waals surface area contributed by atoms with Crippen molar-refractivity contribution >= 4 is 10.0 Å². The highest BCUT2D eigenvalue weighted by atomic mass is 32.2. The van der Waals surface area contributed by atoms with Gasteiger partial charge in [-0.25, -0.2) is 12.7 Å². The van der Waals surface area contributed by atoms with Gasteiger partial charge in [-0.1, -0.05) is 0 Å². The first-order valence-corrected chi connectivity index (χ1v) is 8.71. The summed E-state index contributed by atoms with van der Waals surface area (Å²) in [7, 11) is -0.182. The van der Waals surface area contributed by atoms with Gasteiger partial charge in [-0.05, 0) is 62.5 Å². The Morgan fingerprint density at radius 3 is 2.57 bits per heavy atom. The first kappa shape index (κ1) is 16.3. The second-order valence-corrected chi connectivity index (χ2v) is 7.66. The van der Waals surface area contributed by atoms with Gasteiger partial charge in [0.05, 0.1) is 12.0 Å². The van der Waals surface area contributed by atoms with Crippen molar-refractivity contribution < 1.29 is 13.2 Å². The van der Waals surface area contributed by atoms with E-state index in [0.29, 0.717) is 23.1 Å². The largest absolute Gasteiger partial charge is 0.496 e. The van der Waals surface area contributed by atoms with Crippen molar-refractivity contribution in [3.05, 3.63) is 23.8 Å². The van der Waals surface area contributed by atoms with Crippen LogP contribution in [0.4, 0.5) is 0 Å². The van der Waals surface area contributed by atoms with Crippen molar-refractivity contribution in [1.29, 1.82) is 0 Å². The zero-order valence-corrected chi connectivity index (χ0v) is 13.7. The topological polar surface area (TPSA) is 58.6 Å². The van der Waals surface area contributed by atoms with Gasteiger partial charge in [-0.3, -0.25) is 0 Å². The van der Waals surface area contributed by atoms with E-state index in [0.717, 1.165) is 31.5 Å². The summed E-state index contributed by atoms with van der Waals surface area (Å²) in [6, 6.07) is 4.99. The van der Waals surface area contributed by atoms with E-state index in [4.69, 9.17) is 4.74 Å². The number of nitrogens with one attached hydrogen (secondary N) is 1. The van der Waals surface area contributed by atoms with Gasteiger partial charge in [0.2, 0.25) is 10.0 Å². The molecule has 2 rings (SSSR count). The van der Waals surface area contributed by atoms with Crippen LogP contribution in [-0.2, 0) is 10.0 Å². The minimum atomic E-state index is -3.43. The fourth-order valence-corrected chi connectivity index (χ4v) is 4.05. The summed E-state index contributed by atoms with van der Waals surface area (Å²) < 4.78 is 31.9. The van der Waals surface area contributed by atoms with Gasteiger partial charge >= 0.3 is 0 Å². The SMILES string of the molecule is COc1ccc(S(=O)(=O)N(C)CC2CCNCC2)cc1C. The lowest BCUT2D eigenvalue weighted by molar-refractivity contribution is 0.311. The highest BCUT2D eigenvalue weighted by Gasteiger charge is 2.25. The molecule has 118 valence electrons. The first-order chi connectivity index (χ1) is 9.95. The maximum Gasteiger partial charge on any atom is 0.242 e. The Morgan fingerprint density at radius 1 is 1.33 bits per heavy atom. The number of nitrogens with zero attached hydrogens (tertiary/aromatic N) is 1. The second kappa shape index (κ2) is 6.77. The number of benzene rings is 1. The minimum Gasteiger partial charge on any atom is -0.496 e. The van der Waals surface area contributed by atoms with Crippen LogP contribution in [0.1, 0.15) is 18.4 Å². The molecule has 1 aliphatic heterocycles. The highest BCUT2D eigenvalue weighted by Crippen LogP contribution is 2.24. The van der Waals surface area contributed by atoms with Crippen molar-refractivity contribution in [2.24, 2.45) is 5.92 Å². The molecule has 0 spiro atoms. The van der Waals surface area contributed by atoms with Crippen LogP contribution in [0.5, 0.6) is 5.75 Å². The zero-order valence-electron chi connectivity index (χ0n) is 12.9. The molecule has 0 aromatic heterocycles. The maximum absolute atomic E-state index is 12.6. The van der Waals surface area contributed by atoms with E-state index in [9.17, 15) is 8.42 Å². The standard InChI is InChI=1S/C15H24N2O3S/c1-12-10-14(4-5-15(12)20-3)21(18,19)17(2)11-13-6-8-16-9-7-13/h4-5,10,13,16H,6-9,11H2,1-3H3. The number of rotatable bonds is 5. The molecule has 0 radical (unpaired) electrons. The predicted molar refractivity (Wildman–Crippen MR) is 83.1 cm³/mol. The molecule has 0 atom stereocenters. The predicted octanol–water partition coefficient (Wildman–Crippen LogP) is 1.62. The van der Waals surface area contributed by atoms with E-state index >= 15 is 0 Å².